The average Bonchev–Trinajstić information content (AvgIpc) is 3.54. The summed E-state index contributed by atoms with van der Waals surface area (Å²) < 4.78 is 27.7. The second kappa shape index (κ2) is 9.06. The molecule has 2 heterocycles. The van der Waals surface area contributed by atoms with Crippen LogP contribution in [-0.2, 0) is 35.7 Å². The van der Waals surface area contributed by atoms with Gasteiger partial charge in [-0.3, -0.25) is 4.90 Å². The summed E-state index contributed by atoms with van der Waals surface area (Å²) in [7, 11) is -4.00. The first kappa shape index (κ1) is 25.1. The summed E-state index contributed by atoms with van der Waals surface area (Å²) in [5, 5.41) is 13.5. The van der Waals surface area contributed by atoms with Gasteiger partial charge in [0.2, 0.25) is 0 Å². The van der Waals surface area contributed by atoms with Crippen LogP contribution in [0.2, 0.25) is 0 Å². The molecule has 2 fully saturated rings. The molecule has 10 heteroatoms. The highest BCUT2D eigenvalue weighted by atomic mass is 32.2. The standard InChI is InChI=1S/C26H36N4O5S/c1-25(11-14-29(25)17-26(2)10-5-13-30(26)24(32)33)12-15-36(34,35)28-23(31)27-22-20-8-3-6-18(20)16-19-7-4-9-21(19)22/h12,15-16H,3-11,13-14,17H2,1-2H3,(H,32,33)(H2,27,28,31)/b15-12+/t25-,26+/m1/s1. The minimum absolute atomic E-state index is 0.492. The summed E-state index contributed by atoms with van der Waals surface area (Å²) in [6.45, 7) is 5.73. The van der Waals surface area contributed by atoms with Crippen LogP contribution in [0.3, 0.4) is 0 Å². The zero-order chi connectivity index (χ0) is 25.7. The van der Waals surface area contributed by atoms with Crippen LogP contribution in [0, 0.1) is 0 Å². The Morgan fingerprint density at radius 3 is 2.28 bits per heavy atom. The molecule has 2 saturated heterocycles. The number of urea groups is 1. The minimum atomic E-state index is -4.00. The van der Waals surface area contributed by atoms with Crippen molar-refractivity contribution >= 4 is 27.8 Å². The van der Waals surface area contributed by atoms with Crippen LogP contribution < -0.4 is 10.0 Å². The maximum absolute atomic E-state index is 12.8. The number of hydrogen-bond acceptors (Lipinski definition) is 5. The van der Waals surface area contributed by atoms with E-state index in [4.69, 9.17) is 0 Å². The van der Waals surface area contributed by atoms with Gasteiger partial charge in [-0.1, -0.05) is 12.1 Å². The van der Waals surface area contributed by atoms with Crippen molar-refractivity contribution in [3.8, 4) is 0 Å². The van der Waals surface area contributed by atoms with Gasteiger partial charge in [0, 0.05) is 36.3 Å². The normalized spacial score (nSPS) is 27.7. The van der Waals surface area contributed by atoms with E-state index in [0.717, 1.165) is 86.6 Å². The molecule has 5 rings (SSSR count). The van der Waals surface area contributed by atoms with E-state index in [9.17, 15) is 23.1 Å². The van der Waals surface area contributed by atoms with E-state index in [-0.39, 0.29) is 0 Å². The molecule has 196 valence electrons. The predicted octanol–water partition coefficient (Wildman–Crippen LogP) is 3.63. The Bertz CT molecular complexity index is 1200. The number of aryl methyl sites for hydroxylation is 2. The van der Waals surface area contributed by atoms with E-state index in [1.54, 1.807) is 6.08 Å². The number of nitrogens with zero attached hydrogens (tertiary/aromatic N) is 2. The Morgan fingerprint density at radius 2 is 1.69 bits per heavy atom. The van der Waals surface area contributed by atoms with Gasteiger partial charge in [-0.2, -0.15) is 0 Å². The summed E-state index contributed by atoms with van der Waals surface area (Å²) in [4.78, 5) is 28.0. The predicted molar refractivity (Wildman–Crippen MR) is 138 cm³/mol. The van der Waals surface area contributed by atoms with Crippen LogP contribution in [0.5, 0.6) is 0 Å². The number of benzene rings is 1. The third-order valence-electron chi connectivity index (χ3n) is 8.67. The van der Waals surface area contributed by atoms with Crippen molar-refractivity contribution < 1.29 is 23.1 Å². The lowest BCUT2D eigenvalue weighted by atomic mass is 9.84. The number of rotatable bonds is 6. The van der Waals surface area contributed by atoms with Crippen molar-refractivity contribution in [3.63, 3.8) is 0 Å². The Hall–Kier alpha value is -2.59. The molecular formula is C26H36N4O5S. The molecule has 2 aliphatic heterocycles. The Labute approximate surface area is 213 Å². The quantitative estimate of drug-likeness (QED) is 0.531. The molecule has 3 amide bonds. The smallest absolute Gasteiger partial charge is 0.407 e. The largest absolute Gasteiger partial charge is 0.465 e. The van der Waals surface area contributed by atoms with Crippen LogP contribution in [0.1, 0.15) is 68.2 Å². The number of nitrogens with one attached hydrogen (secondary N) is 2. The summed E-state index contributed by atoms with van der Waals surface area (Å²) in [6.07, 6.45) is 8.96. The lowest BCUT2D eigenvalue weighted by Gasteiger charge is -2.52. The number of carboxylic acid groups (broad SMARTS) is 1. The highest BCUT2D eigenvalue weighted by molar-refractivity contribution is 7.92. The van der Waals surface area contributed by atoms with Gasteiger partial charge in [0.25, 0.3) is 10.0 Å². The summed E-state index contributed by atoms with van der Waals surface area (Å²) in [6, 6.07) is 1.53. The molecule has 9 nitrogen and oxygen atoms in total. The Morgan fingerprint density at radius 1 is 1.03 bits per heavy atom. The molecule has 1 aromatic rings. The van der Waals surface area contributed by atoms with Gasteiger partial charge < -0.3 is 15.3 Å². The number of sulfonamides is 1. The molecule has 0 spiro atoms. The van der Waals surface area contributed by atoms with Crippen molar-refractivity contribution in [1.29, 1.82) is 0 Å². The van der Waals surface area contributed by atoms with Crippen LogP contribution in [-0.4, -0.2) is 66.2 Å². The third-order valence-corrected chi connectivity index (χ3v) is 9.64. The van der Waals surface area contributed by atoms with E-state index in [2.05, 4.69) is 21.0 Å². The number of hydrogen-bond donors (Lipinski definition) is 3. The first-order valence-electron chi connectivity index (χ1n) is 12.9. The fourth-order valence-corrected chi connectivity index (χ4v) is 7.35. The molecule has 3 N–H and O–H groups in total. The topological polar surface area (TPSA) is 119 Å². The number of likely N-dealkylation sites (tertiary alicyclic amines) is 2. The highest BCUT2D eigenvalue weighted by Crippen LogP contribution is 2.39. The highest BCUT2D eigenvalue weighted by Gasteiger charge is 2.47. The fourth-order valence-electron chi connectivity index (χ4n) is 6.50. The van der Waals surface area contributed by atoms with Gasteiger partial charge in [-0.05, 0) is 93.9 Å². The molecule has 0 unspecified atom stereocenters. The second-order valence-corrected chi connectivity index (χ2v) is 12.8. The van der Waals surface area contributed by atoms with Gasteiger partial charge >= 0.3 is 12.1 Å². The zero-order valence-corrected chi connectivity index (χ0v) is 21.9. The zero-order valence-electron chi connectivity index (χ0n) is 21.1. The first-order valence-corrected chi connectivity index (χ1v) is 14.5. The molecule has 0 radical (unpaired) electrons. The van der Waals surface area contributed by atoms with Crippen LogP contribution in [0.4, 0.5) is 15.3 Å². The lowest BCUT2D eigenvalue weighted by molar-refractivity contribution is -0.00698. The summed E-state index contributed by atoms with van der Waals surface area (Å²) in [5.41, 5.74) is 4.63. The molecule has 2 atom stereocenters. The second-order valence-electron chi connectivity index (χ2n) is 11.2. The summed E-state index contributed by atoms with van der Waals surface area (Å²) in [5.74, 6) is 0. The van der Waals surface area contributed by atoms with Crippen LogP contribution in [0.25, 0.3) is 0 Å². The molecule has 1 aromatic carbocycles. The maximum Gasteiger partial charge on any atom is 0.407 e. The van der Waals surface area contributed by atoms with Gasteiger partial charge in [-0.25, -0.2) is 22.7 Å². The van der Waals surface area contributed by atoms with Gasteiger partial charge in [0.1, 0.15) is 0 Å². The van der Waals surface area contributed by atoms with Crippen LogP contribution >= 0.6 is 0 Å². The van der Waals surface area contributed by atoms with Crippen molar-refractivity contribution in [2.75, 3.05) is 25.0 Å². The fraction of sp³-hybridized carbons (Fsp3) is 0.615. The van der Waals surface area contributed by atoms with Crippen LogP contribution in [0.15, 0.2) is 17.6 Å². The van der Waals surface area contributed by atoms with Crippen molar-refractivity contribution in [2.45, 2.75) is 82.7 Å². The van der Waals surface area contributed by atoms with Crippen molar-refractivity contribution in [3.05, 3.63) is 39.8 Å². The van der Waals surface area contributed by atoms with E-state index in [0.29, 0.717) is 13.1 Å². The van der Waals surface area contributed by atoms with E-state index < -0.39 is 33.2 Å². The number of carbonyl (C=O) groups excluding carboxylic acids is 1. The molecule has 4 aliphatic rings. The number of amides is 3. The van der Waals surface area contributed by atoms with Gasteiger partial charge in [-0.15, -0.1) is 0 Å². The average molecular weight is 517 g/mol. The summed E-state index contributed by atoms with van der Waals surface area (Å²) >= 11 is 0. The Kier molecular flexibility index (Phi) is 6.31. The Balaban J connectivity index is 1.24. The van der Waals surface area contributed by atoms with Crippen molar-refractivity contribution in [2.24, 2.45) is 0 Å². The lowest BCUT2D eigenvalue weighted by Crippen LogP contribution is -2.63. The number of fused-ring (bicyclic) bond motifs is 2. The monoisotopic (exact) mass is 516 g/mol. The minimum Gasteiger partial charge on any atom is -0.465 e. The molecular weight excluding hydrogens is 480 g/mol. The first-order chi connectivity index (χ1) is 17.0. The van der Waals surface area contributed by atoms with E-state index in [1.165, 1.54) is 16.0 Å². The van der Waals surface area contributed by atoms with E-state index >= 15 is 0 Å². The van der Waals surface area contributed by atoms with Gasteiger partial charge in [0.05, 0.1) is 5.54 Å². The molecule has 36 heavy (non-hydrogen) atoms. The maximum atomic E-state index is 12.8. The number of carbonyl (C=O) groups is 2. The van der Waals surface area contributed by atoms with E-state index in [1.807, 2.05) is 13.8 Å². The molecule has 0 aromatic heterocycles. The molecule has 0 saturated carbocycles. The number of anilines is 1. The van der Waals surface area contributed by atoms with Gasteiger partial charge in [0.15, 0.2) is 0 Å². The third kappa shape index (κ3) is 4.61. The molecule has 2 aliphatic carbocycles. The van der Waals surface area contributed by atoms with Crippen molar-refractivity contribution in [1.82, 2.24) is 14.5 Å². The SMILES string of the molecule is C[C@@]1(CN2CC[C@]2(C)/C=C/S(=O)(=O)NC(=O)Nc2c3c(cc4c2CCC4)CCC3)CCCN1C(=O)O. The molecule has 0 bridgehead atoms.